The molecule has 0 aromatic heterocycles. The Morgan fingerprint density at radius 2 is 1.70 bits per heavy atom. The van der Waals surface area contributed by atoms with Gasteiger partial charge in [-0.3, -0.25) is 9.59 Å². The summed E-state index contributed by atoms with van der Waals surface area (Å²) >= 11 is 0. The fourth-order valence-corrected chi connectivity index (χ4v) is 3.04. The molecule has 0 saturated carbocycles. The molecule has 8 nitrogen and oxygen atoms in total. The van der Waals surface area contributed by atoms with E-state index in [0.29, 0.717) is 5.69 Å². The lowest BCUT2D eigenvalue weighted by Gasteiger charge is -2.28. The number of amides is 2. The zero-order chi connectivity index (χ0) is 22.1. The number of nitrogens with zero attached hydrogens (tertiary/aromatic N) is 1. The van der Waals surface area contributed by atoms with E-state index in [1.807, 2.05) is 24.3 Å². The van der Waals surface area contributed by atoms with Gasteiger partial charge in [-0.25, -0.2) is 4.79 Å². The molecule has 8 heteroatoms. The molecule has 0 aliphatic carbocycles. The average Bonchev–Trinajstić information content (AvgIpc) is 2.67. The molecule has 1 aromatic carbocycles. The maximum absolute atomic E-state index is 12.3. The van der Waals surface area contributed by atoms with Crippen molar-refractivity contribution in [3.63, 3.8) is 0 Å². The molecule has 1 fully saturated rings. The second-order valence-electron chi connectivity index (χ2n) is 8.39. The van der Waals surface area contributed by atoms with Gasteiger partial charge in [-0.2, -0.15) is 0 Å². The first kappa shape index (κ1) is 23.5. The van der Waals surface area contributed by atoms with Crippen molar-refractivity contribution in [2.45, 2.75) is 65.1 Å². The highest BCUT2D eigenvalue weighted by atomic mass is 16.6. The third kappa shape index (κ3) is 8.31. The lowest BCUT2D eigenvalue weighted by molar-refractivity contribution is -0.153. The molecule has 1 heterocycles. The molecule has 30 heavy (non-hydrogen) atoms. The molecule has 2 N–H and O–H groups in total. The van der Waals surface area contributed by atoms with Gasteiger partial charge in [0.1, 0.15) is 5.60 Å². The van der Waals surface area contributed by atoms with Gasteiger partial charge >= 0.3 is 12.1 Å². The van der Waals surface area contributed by atoms with Crippen LogP contribution >= 0.6 is 0 Å². The number of hydrogen-bond acceptors (Lipinski definition) is 6. The van der Waals surface area contributed by atoms with Crippen LogP contribution in [0.2, 0.25) is 0 Å². The van der Waals surface area contributed by atoms with Crippen LogP contribution in [-0.2, 0) is 19.1 Å². The number of nitrogens with one attached hydrogen (secondary N) is 2. The molecule has 1 aliphatic heterocycles. The Kier molecular flexibility index (Phi) is 8.50. The Morgan fingerprint density at radius 1 is 1.07 bits per heavy atom. The Hall–Kier alpha value is -2.77. The van der Waals surface area contributed by atoms with Gasteiger partial charge in [0, 0.05) is 31.0 Å². The number of alkyl carbamates (subject to hydrolysis) is 1. The van der Waals surface area contributed by atoms with Crippen LogP contribution in [-0.4, -0.2) is 49.3 Å². The van der Waals surface area contributed by atoms with Crippen molar-refractivity contribution in [1.29, 1.82) is 0 Å². The van der Waals surface area contributed by atoms with Gasteiger partial charge < -0.3 is 25.0 Å². The molecule has 1 saturated heterocycles. The Bertz CT molecular complexity index is 721. The molecule has 0 radical (unpaired) electrons. The van der Waals surface area contributed by atoms with Crippen LogP contribution < -0.4 is 15.5 Å². The first-order valence-corrected chi connectivity index (χ1v) is 10.5. The van der Waals surface area contributed by atoms with Crippen molar-refractivity contribution in [2.24, 2.45) is 0 Å². The van der Waals surface area contributed by atoms with E-state index in [0.717, 1.165) is 18.8 Å². The van der Waals surface area contributed by atoms with Crippen LogP contribution in [0, 0.1) is 0 Å². The van der Waals surface area contributed by atoms with E-state index in [9.17, 15) is 14.4 Å². The second kappa shape index (κ2) is 10.8. The molecule has 2 amide bonds. The van der Waals surface area contributed by atoms with Crippen molar-refractivity contribution in [3.05, 3.63) is 24.3 Å². The number of esters is 1. The summed E-state index contributed by atoms with van der Waals surface area (Å²) in [4.78, 5) is 38.1. The predicted octanol–water partition coefficient (Wildman–Crippen LogP) is 3.46. The summed E-state index contributed by atoms with van der Waals surface area (Å²) in [5.74, 6) is -0.983. The fourth-order valence-electron chi connectivity index (χ4n) is 3.04. The van der Waals surface area contributed by atoms with Gasteiger partial charge in [-0.05, 0) is 71.2 Å². The van der Waals surface area contributed by atoms with Crippen LogP contribution in [0.15, 0.2) is 24.3 Å². The largest absolute Gasteiger partial charge is 0.452 e. The normalized spacial score (nSPS) is 15.1. The molecule has 1 aliphatic rings. The van der Waals surface area contributed by atoms with Crippen molar-refractivity contribution < 1.29 is 23.9 Å². The van der Waals surface area contributed by atoms with Crippen molar-refractivity contribution in [3.8, 4) is 0 Å². The number of carbonyl (C=O) groups excluding carboxylic acids is 3. The lowest BCUT2D eigenvalue weighted by atomic mass is 10.1. The van der Waals surface area contributed by atoms with Gasteiger partial charge in [0.15, 0.2) is 6.10 Å². The van der Waals surface area contributed by atoms with Gasteiger partial charge in [0.2, 0.25) is 0 Å². The molecule has 1 aromatic rings. The van der Waals surface area contributed by atoms with Crippen LogP contribution in [0.3, 0.4) is 0 Å². The molecule has 0 bridgehead atoms. The minimum Gasteiger partial charge on any atom is -0.452 e. The van der Waals surface area contributed by atoms with Gasteiger partial charge in [0.25, 0.3) is 5.91 Å². The van der Waals surface area contributed by atoms with Crippen LogP contribution in [0.5, 0.6) is 0 Å². The third-order valence-electron chi connectivity index (χ3n) is 4.53. The number of hydrogen-bond donors (Lipinski definition) is 2. The van der Waals surface area contributed by atoms with E-state index in [2.05, 4.69) is 15.5 Å². The number of rotatable bonds is 7. The first-order valence-electron chi connectivity index (χ1n) is 10.5. The number of ether oxygens (including phenoxy) is 2. The maximum atomic E-state index is 12.3. The minimum absolute atomic E-state index is 0.0542. The van der Waals surface area contributed by atoms with E-state index in [4.69, 9.17) is 9.47 Å². The summed E-state index contributed by atoms with van der Waals surface area (Å²) < 4.78 is 10.2. The summed E-state index contributed by atoms with van der Waals surface area (Å²) in [6.45, 7) is 8.95. The van der Waals surface area contributed by atoms with Gasteiger partial charge in [-0.1, -0.05) is 0 Å². The molecule has 166 valence electrons. The zero-order valence-corrected chi connectivity index (χ0v) is 18.3. The Labute approximate surface area is 178 Å². The lowest BCUT2D eigenvalue weighted by Crippen LogP contribution is -2.35. The summed E-state index contributed by atoms with van der Waals surface area (Å²) in [5.41, 5.74) is 1.18. The van der Waals surface area contributed by atoms with E-state index in [1.54, 1.807) is 20.8 Å². The fraction of sp³-hybridized carbons (Fsp3) is 0.591. The smallest absolute Gasteiger partial charge is 0.407 e. The predicted molar refractivity (Wildman–Crippen MR) is 116 cm³/mol. The zero-order valence-electron chi connectivity index (χ0n) is 18.3. The number of benzene rings is 1. The minimum atomic E-state index is -0.944. The second-order valence-corrected chi connectivity index (χ2v) is 8.39. The SMILES string of the molecule is C[C@@H](OC(=O)CCNC(=O)OC(C)(C)C)C(=O)Nc1ccc(N2CCCCC2)cc1. The molecule has 0 unspecified atom stereocenters. The average molecular weight is 420 g/mol. The molecule has 1 atom stereocenters. The molecular formula is C22H33N3O5. The quantitative estimate of drug-likeness (QED) is 0.657. The summed E-state index contributed by atoms with van der Waals surface area (Å²) in [6, 6.07) is 7.67. The highest BCUT2D eigenvalue weighted by molar-refractivity contribution is 5.95. The van der Waals surface area contributed by atoms with Gasteiger partial charge in [-0.15, -0.1) is 0 Å². The summed E-state index contributed by atoms with van der Waals surface area (Å²) in [7, 11) is 0. The standard InChI is InChI=1S/C22H33N3O5/c1-16(29-19(26)12-13-23-21(28)30-22(2,3)4)20(27)24-17-8-10-18(11-9-17)25-14-6-5-7-15-25/h8-11,16H,5-7,12-15H2,1-4H3,(H,23,28)(H,24,27)/t16-/m1/s1. The van der Waals surface area contributed by atoms with Crippen molar-refractivity contribution in [2.75, 3.05) is 29.9 Å². The molecule has 0 spiro atoms. The van der Waals surface area contributed by atoms with Crippen LogP contribution in [0.1, 0.15) is 53.4 Å². The first-order chi connectivity index (χ1) is 14.1. The monoisotopic (exact) mass is 419 g/mol. The van der Waals surface area contributed by atoms with E-state index >= 15 is 0 Å². The van der Waals surface area contributed by atoms with Crippen LogP contribution in [0.4, 0.5) is 16.2 Å². The summed E-state index contributed by atoms with van der Waals surface area (Å²) in [6.07, 6.45) is 2.08. The number of piperidine rings is 1. The highest BCUT2D eigenvalue weighted by Gasteiger charge is 2.19. The van der Waals surface area contributed by atoms with E-state index < -0.39 is 29.7 Å². The number of anilines is 2. The molecular weight excluding hydrogens is 386 g/mol. The van der Waals surface area contributed by atoms with Gasteiger partial charge in [0.05, 0.1) is 6.42 Å². The Balaban J connectivity index is 1.72. The number of carbonyl (C=O) groups is 3. The highest BCUT2D eigenvalue weighted by Crippen LogP contribution is 2.22. The Morgan fingerprint density at radius 3 is 2.30 bits per heavy atom. The molecule has 2 rings (SSSR count). The topological polar surface area (TPSA) is 97.0 Å². The van der Waals surface area contributed by atoms with Crippen LogP contribution in [0.25, 0.3) is 0 Å². The van der Waals surface area contributed by atoms with E-state index in [1.165, 1.54) is 26.2 Å². The van der Waals surface area contributed by atoms with E-state index in [-0.39, 0.29) is 13.0 Å². The maximum Gasteiger partial charge on any atom is 0.407 e. The third-order valence-corrected chi connectivity index (χ3v) is 4.53. The summed E-state index contributed by atoms with van der Waals surface area (Å²) in [5, 5.41) is 5.23. The van der Waals surface area contributed by atoms with Crippen molar-refractivity contribution in [1.82, 2.24) is 5.32 Å². The van der Waals surface area contributed by atoms with Crippen molar-refractivity contribution >= 4 is 29.3 Å².